The smallest absolute Gasteiger partial charge is 0.347 e. The van der Waals surface area contributed by atoms with Crippen molar-refractivity contribution in [3.8, 4) is 17.8 Å². The predicted octanol–water partition coefficient (Wildman–Crippen LogP) is 2.09. The molecule has 1 heterocycles. The van der Waals surface area contributed by atoms with Crippen LogP contribution in [0.3, 0.4) is 0 Å². The Labute approximate surface area is 134 Å². The molecule has 0 N–H and O–H groups in total. The standard InChI is InChI=1S/C15H21FN2O5/c1-4-22-13(19)15(16)8-6-5-7-10(15)23-14-17-11(20-2)9-12(18-14)21-3/h9-10H,4-8H2,1-3H3. The molecule has 0 amide bonds. The summed E-state index contributed by atoms with van der Waals surface area (Å²) in [4.78, 5) is 20.0. The number of rotatable bonds is 6. The van der Waals surface area contributed by atoms with Crippen LogP contribution >= 0.6 is 0 Å². The van der Waals surface area contributed by atoms with Crippen molar-refractivity contribution in [3.63, 3.8) is 0 Å². The molecule has 1 aromatic rings. The summed E-state index contributed by atoms with van der Waals surface area (Å²) >= 11 is 0. The molecule has 1 aliphatic rings. The second kappa shape index (κ2) is 7.43. The summed E-state index contributed by atoms with van der Waals surface area (Å²) in [7, 11) is 2.87. The molecular formula is C15H21FN2O5. The van der Waals surface area contributed by atoms with Crippen LogP contribution in [0.1, 0.15) is 32.6 Å². The minimum absolute atomic E-state index is 0.0532. The van der Waals surface area contributed by atoms with E-state index in [1.54, 1.807) is 6.92 Å². The number of hydrogen-bond donors (Lipinski definition) is 0. The van der Waals surface area contributed by atoms with Gasteiger partial charge in [-0.25, -0.2) is 9.18 Å². The van der Waals surface area contributed by atoms with Gasteiger partial charge in [-0.3, -0.25) is 0 Å². The monoisotopic (exact) mass is 328 g/mol. The normalized spacial score (nSPS) is 23.9. The van der Waals surface area contributed by atoms with E-state index in [9.17, 15) is 4.79 Å². The quantitative estimate of drug-likeness (QED) is 0.740. The minimum atomic E-state index is -2.20. The van der Waals surface area contributed by atoms with Gasteiger partial charge in [0.25, 0.3) is 0 Å². The van der Waals surface area contributed by atoms with Gasteiger partial charge in [-0.1, -0.05) is 0 Å². The van der Waals surface area contributed by atoms with Gasteiger partial charge in [0.1, 0.15) is 6.10 Å². The molecule has 1 saturated carbocycles. The summed E-state index contributed by atoms with van der Waals surface area (Å²) in [6.45, 7) is 1.75. The number of hydrogen-bond acceptors (Lipinski definition) is 7. The van der Waals surface area contributed by atoms with Gasteiger partial charge in [0, 0.05) is 0 Å². The van der Waals surface area contributed by atoms with Gasteiger partial charge in [0.05, 0.1) is 26.9 Å². The topological polar surface area (TPSA) is 79.8 Å². The van der Waals surface area contributed by atoms with E-state index in [0.717, 1.165) is 6.42 Å². The fourth-order valence-corrected chi connectivity index (χ4v) is 2.51. The molecule has 8 heteroatoms. The third kappa shape index (κ3) is 3.80. The molecule has 0 aromatic carbocycles. The highest BCUT2D eigenvalue weighted by Gasteiger charge is 2.51. The number of esters is 1. The summed E-state index contributed by atoms with van der Waals surface area (Å²) in [6, 6.07) is 1.38. The minimum Gasteiger partial charge on any atom is -0.481 e. The lowest BCUT2D eigenvalue weighted by molar-refractivity contribution is -0.168. The van der Waals surface area contributed by atoms with E-state index in [1.807, 2.05) is 0 Å². The van der Waals surface area contributed by atoms with Crippen molar-refractivity contribution in [3.05, 3.63) is 6.07 Å². The van der Waals surface area contributed by atoms with Gasteiger partial charge >= 0.3 is 12.0 Å². The molecule has 128 valence electrons. The summed E-state index contributed by atoms with van der Waals surface area (Å²) < 4.78 is 35.6. The largest absolute Gasteiger partial charge is 0.481 e. The van der Waals surface area contributed by atoms with Crippen molar-refractivity contribution < 1.29 is 28.1 Å². The van der Waals surface area contributed by atoms with E-state index >= 15 is 4.39 Å². The molecule has 1 fully saturated rings. The molecule has 0 aliphatic heterocycles. The van der Waals surface area contributed by atoms with Crippen molar-refractivity contribution in [2.75, 3.05) is 20.8 Å². The molecule has 1 aromatic heterocycles. The lowest BCUT2D eigenvalue weighted by Gasteiger charge is -2.34. The van der Waals surface area contributed by atoms with Crippen LogP contribution in [-0.2, 0) is 9.53 Å². The van der Waals surface area contributed by atoms with Crippen LogP contribution in [0.4, 0.5) is 4.39 Å². The van der Waals surface area contributed by atoms with Crippen LogP contribution in [0.15, 0.2) is 6.07 Å². The number of carbonyl (C=O) groups excluding carboxylic acids is 1. The molecule has 0 bridgehead atoms. The van der Waals surface area contributed by atoms with Gasteiger partial charge in [-0.2, -0.15) is 9.97 Å². The highest BCUT2D eigenvalue weighted by molar-refractivity contribution is 5.80. The lowest BCUT2D eigenvalue weighted by atomic mass is 9.83. The maximum absolute atomic E-state index is 15.2. The Balaban J connectivity index is 2.23. The Kier molecular flexibility index (Phi) is 5.57. The Morgan fingerprint density at radius 1 is 1.30 bits per heavy atom. The number of ether oxygens (including phenoxy) is 4. The second-order valence-electron chi connectivity index (χ2n) is 5.17. The van der Waals surface area contributed by atoms with E-state index in [0.29, 0.717) is 12.8 Å². The van der Waals surface area contributed by atoms with E-state index in [1.165, 1.54) is 20.3 Å². The van der Waals surface area contributed by atoms with Crippen LogP contribution in [-0.4, -0.2) is 48.5 Å². The first kappa shape index (κ1) is 17.2. The molecule has 0 radical (unpaired) electrons. The Bertz CT molecular complexity index is 534. The van der Waals surface area contributed by atoms with Gasteiger partial charge in [-0.15, -0.1) is 0 Å². The fourth-order valence-electron chi connectivity index (χ4n) is 2.51. The molecule has 0 saturated heterocycles. The Hall–Kier alpha value is -2.12. The second-order valence-corrected chi connectivity index (χ2v) is 5.17. The van der Waals surface area contributed by atoms with Crippen LogP contribution in [0, 0.1) is 0 Å². The maximum Gasteiger partial charge on any atom is 0.347 e. The number of halogens is 1. The highest BCUT2D eigenvalue weighted by atomic mass is 19.1. The lowest BCUT2D eigenvalue weighted by Crippen LogP contribution is -2.51. The van der Waals surface area contributed by atoms with Gasteiger partial charge in [0.2, 0.25) is 17.4 Å². The van der Waals surface area contributed by atoms with E-state index < -0.39 is 17.7 Å². The summed E-state index contributed by atoms with van der Waals surface area (Å²) in [5.74, 6) is -0.453. The Morgan fingerprint density at radius 3 is 2.52 bits per heavy atom. The number of methoxy groups -OCH3 is 2. The van der Waals surface area contributed by atoms with E-state index in [2.05, 4.69) is 9.97 Å². The summed E-state index contributed by atoms with van der Waals surface area (Å²) in [6.07, 6.45) is 0.761. The molecule has 2 rings (SSSR count). The summed E-state index contributed by atoms with van der Waals surface area (Å²) in [5, 5.41) is 0. The van der Waals surface area contributed by atoms with Crippen LogP contribution in [0.5, 0.6) is 17.8 Å². The van der Waals surface area contributed by atoms with Crippen LogP contribution in [0.25, 0.3) is 0 Å². The molecule has 7 nitrogen and oxygen atoms in total. The van der Waals surface area contributed by atoms with Crippen molar-refractivity contribution in [1.82, 2.24) is 9.97 Å². The zero-order chi connectivity index (χ0) is 16.9. The highest BCUT2D eigenvalue weighted by Crippen LogP contribution is 2.36. The van der Waals surface area contributed by atoms with Crippen LogP contribution in [0.2, 0.25) is 0 Å². The number of aromatic nitrogens is 2. The molecule has 23 heavy (non-hydrogen) atoms. The first-order valence-corrected chi connectivity index (χ1v) is 7.53. The summed E-state index contributed by atoms with van der Waals surface area (Å²) in [5.41, 5.74) is -2.20. The van der Waals surface area contributed by atoms with Crippen molar-refractivity contribution in [1.29, 1.82) is 0 Å². The zero-order valence-corrected chi connectivity index (χ0v) is 13.5. The van der Waals surface area contributed by atoms with E-state index in [4.69, 9.17) is 18.9 Å². The average molecular weight is 328 g/mol. The first-order valence-electron chi connectivity index (χ1n) is 7.53. The Morgan fingerprint density at radius 2 is 1.96 bits per heavy atom. The van der Waals surface area contributed by atoms with Crippen LogP contribution < -0.4 is 14.2 Å². The fraction of sp³-hybridized carbons (Fsp3) is 0.667. The molecule has 0 spiro atoms. The number of carbonyl (C=O) groups is 1. The average Bonchev–Trinajstić information content (AvgIpc) is 2.56. The number of alkyl halides is 1. The zero-order valence-electron chi connectivity index (χ0n) is 13.5. The van der Waals surface area contributed by atoms with Crippen molar-refractivity contribution in [2.45, 2.75) is 44.4 Å². The van der Waals surface area contributed by atoms with Gasteiger partial charge < -0.3 is 18.9 Å². The third-order valence-corrected chi connectivity index (χ3v) is 3.71. The predicted molar refractivity (Wildman–Crippen MR) is 78.5 cm³/mol. The SMILES string of the molecule is CCOC(=O)C1(F)CCCCC1Oc1nc(OC)cc(OC)n1. The van der Waals surface area contributed by atoms with Gasteiger partial charge in [-0.05, 0) is 32.6 Å². The molecule has 2 unspecified atom stereocenters. The maximum atomic E-state index is 15.2. The first-order chi connectivity index (χ1) is 11.0. The van der Waals surface area contributed by atoms with E-state index in [-0.39, 0.29) is 30.8 Å². The van der Waals surface area contributed by atoms with Crippen molar-refractivity contribution >= 4 is 5.97 Å². The van der Waals surface area contributed by atoms with Crippen molar-refractivity contribution in [2.24, 2.45) is 0 Å². The molecule has 1 aliphatic carbocycles. The third-order valence-electron chi connectivity index (χ3n) is 3.71. The molecule has 2 atom stereocenters. The molecular weight excluding hydrogens is 307 g/mol. The number of nitrogens with zero attached hydrogens (tertiary/aromatic N) is 2. The van der Waals surface area contributed by atoms with Gasteiger partial charge in [0.15, 0.2) is 0 Å².